The molecule has 0 aliphatic carbocycles. The summed E-state index contributed by atoms with van der Waals surface area (Å²) in [7, 11) is 0. The molecule has 2 aromatic carbocycles. The summed E-state index contributed by atoms with van der Waals surface area (Å²) in [5.41, 5.74) is 1.91. The molecule has 0 amide bonds. The molecule has 0 bridgehead atoms. The Balaban J connectivity index is 2.15. The highest BCUT2D eigenvalue weighted by molar-refractivity contribution is 9.10. The highest BCUT2D eigenvalue weighted by Gasteiger charge is 2.20. The van der Waals surface area contributed by atoms with Gasteiger partial charge in [-0.2, -0.15) is 0 Å². The van der Waals surface area contributed by atoms with Crippen LogP contribution in [0, 0.1) is 18.6 Å². The quantitative estimate of drug-likeness (QED) is 0.799. The van der Waals surface area contributed by atoms with Gasteiger partial charge in [-0.25, -0.2) is 8.78 Å². The van der Waals surface area contributed by atoms with Crippen LogP contribution in [0.5, 0.6) is 0 Å². The summed E-state index contributed by atoms with van der Waals surface area (Å²) in [5.74, 6) is -1.45. The minimum Gasteiger partial charge on any atom is -0.388 e. The number of hydrogen-bond donors (Lipinski definition) is 1. The van der Waals surface area contributed by atoms with Crippen molar-refractivity contribution in [3.8, 4) is 0 Å². The molecule has 1 nitrogen and oxygen atoms in total. The topological polar surface area (TPSA) is 20.2 Å². The summed E-state index contributed by atoms with van der Waals surface area (Å²) < 4.78 is 27.7. The summed E-state index contributed by atoms with van der Waals surface area (Å²) >= 11 is 3.00. The first-order valence-corrected chi connectivity index (χ1v) is 7.16. The Morgan fingerprint density at radius 3 is 2.55 bits per heavy atom. The molecule has 2 rings (SSSR count). The Labute approximate surface area is 125 Å². The molecule has 0 spiro atoms. The van der Waals surface area contributed by atoms with E-state index in [4.69, 9.17) is 0 Å². The summed E-state index contributed by atoms with van der Waals surface area (Å²) in [6.45, 7) is 1.97. The van der Waals surface area contributed by atoms with Gasteiger partial charge in [-0.1, -0.05) is 24.3 Å². The monoisotopic (exact) mass is 340 g/mol. The van der Waals surface area contributed by atoms with Crippen molar-refractivity contribution in [1.82, 2.24) is 0 Å². The average Bonchev–Trinajstić information content (AvgIpc) is 2.42. The number of benzene rings is 2. The lowest BCUT2D eigenvalue weighted by Crippen LogP contribution is -2.06. The maximum Gasteiger partial charge on any atom is 0.146 e. The zero-order valence-corrected chi connectivity index (χ0v) is 12.6. The van der Waals surface area contributed by atoms with E-state index in [1.165, 1.54) is 6.07 Å². The summed E-state index contributed by atoms with van der Waals surface area (Å²) in [4.78, 5) is 0. The molecule has 1 N–H and O–H groups in total. The fraction of sp³-hybridized carbons (Fsp3) is 0.250. The van der Waals surface area contributed by atoms with Gasteiger partial charge in [0, 0.05) is 0 Å². The first-order valence-electron chi connectivity index (χ1n) is 6.36. The highest BCUT2D eigenvalue weighted by Crippen LogP contribution is 2.29. The predicted octanol–water partition coefficient (Wildman–Crippen LogP) is 4.70. The van der Waals surface area contributed by atoms with Crippen LogP contribution in [0.1, 0.15) is 29.2 Å². The molecular formula is C16H15BrF2O. The van der Waals surface area contributed by atoms with Crippen molar-refractivity contribution < 1.29 is 13.9 Å². The van der Waals surface area contributed by atoms with Crippen LogP contribution >= 0.6 is 15.9 Å². The lowest BCUT2D eigenvalue weighted by molar-refractivity contribution is 0.158. The molecule has 2 aromatic rings. The lowest BCUT2D eigenvalue weighted by Gasteiger charge is -2.14. The highest BCUT2D eigenvalue weighted by atomic mass is 79.9. The number of aryl methyl sites for hydroxylation is 2. The van der Waals surface area contributed by atoms with E-state index in [2.05, 4.69) is 15.9 Å². The second kappa shape index (κ2) is 6.46. The summed E-state index contributed by atoms with van der Waals surface area (Å²) in [6, 6.07) is 10.2. The van der Waals surface area contributed by atoms with Crippen molar-refractivity contribution in [2.45, 2.75) is 25.9 Å². The zero-order valence-electron chi connectivity index (χ0n) is 11.0. The van der Waals surface area contributed by atoms with Crippen molar-refractivity contribution in [2.75, 3.05) is 0 Å². The van der Waals surface area contributed by atoms with Crippen LogP contribution in [0.15, 0.2) is 40.9 Å². The van der Waals surface area contributed by atoms with Gasteiger partial charge >= 0.3 is 0 Å². The van der Waals surface area contributed by atoms with Gasteiger partial charge < -0.3 is 5.11 Å². The van der Waals surface area contributed by atoms with E-state index in [9.17, 15) is 13.9 Å². The second-order valence-corrected chi connectivity index (χ2v) is 5.59. The third kappa shape index (κ3) is 3.25. The van der Waals surface area contributed by atoms with Crippen LogP contribution in [0.25, 0.3) is 0 Å². The SMILES string of the molecule is Cc1ccccc1CCC(O)c1c(F)ccc(Br)c1F. The molecule has 0 radical (unpaired) electrons. The van der Waals surface area contributed by atoms with Crippen molar-refractivity contribution in [1.29, 1.82) is 0 Å². The smallest absolute Gasteiger partial charge is 0.146 e. The fourth-order valence-corrected chi connectivity index (χ4v) is 2.52. The molecule has 4 heteroatoms. The van der Waals surface area contributed by atoms with Gasteiger partial charge in [0.25, 0.3) is 0 Å². The van der Waals surface area contributed by atoms with E-state index in [-0.39, 0.29) is 16.5 Å². The Morgan fingerprint density at radius 2 is 1.85 bits per heavy atom. The van der Waals surface area contributed by atoms with Gasteiger partial charge in [-0.05, 0) is 59.0 Å². The van der Waals surface area contributed by atoms with Gasteiger partial charge in [0.05, 0.1) is 16.1 Å². The van der Waals surface area contributed by atoms with Gasteiger partial charge in [-0.3, -0.25) is 0 Å². The normalized spacial score (nSPS) is 12.4. The van der Waals surface area contributed by atoms with Crippen molar-refractivity contribution in [3.05, 3.63) is 69.2 Å². The number of aliphatic hydroxyl groups excluding tert-OH is 1. The maximum absolute atomic E-state index is 13.9. The van der Waals surface area contributed by atoms with Crippen LogP contribution in [-0.2, 0) is 6.42 Å². The van der Waals surface area contributed by atoms with Crippen molar-refractivity contribution >= 4 is 15.9 Å². The number of rotatable bonds is 4. The number of halogens is 3. The molecule has 1 unspecified atom stereocenters. The summed E-state index contributed by atoms with van der Waals surface area (Å²) in [6.07, 6.45) is -0.318. The molecule has 0 saturated heterocycles. The van der Waals surface area contributed by atoms with Crippen LogP contribution in [0.3, 0.4) is 0 Å². The average molecular weight is 341 g/mol. The Hall–Kier alpha value is -1.26. The van der Waals surface area contributed by atoms with Crippen LogP contribution in [-0.4, -0.2) is 5.11 Å². The van der Waals surface area contributed by atoms with E-state index >= 15 is 0 Å². The number of aliphatic hydroxyl groups is 1. The first kappa shape index (κ1) is 15.1. The molecule has 106 valence electrons. The van der Waals surface area contributed by atoms with Gasteiger partial charge in [0.15, 0.2) is 0 Å². The summed E-state index contributed by atoms with van der Waals surface area (Å²) in [5, 5.41) is 10.1. The third-order valence-electron chi connectivity index (χ3n) is 3.36. The van der Waals surface area contributed by atoms with E-state index in [1.54, 1.807) is 0 Å². The standard InChI is InChI=1S/C16H15BrF2O/c1-10-4-2-3-5-11(10)6-9-14(20)15-13(18)8-7-12(17)16(15)19/h2-5,7-8,14,20H,6,9H2,1H3. The minimum absolute atomic E-state index is 0.156. The van der Waals surface area contributed by atoms with Gasteiger partial charge in [0.1, 0.15) is 11.6 Å². The maximum atomic E-state index is 13.9. The lowest BCUT2D eigenvalue weighted by atomic mass is 9.98. The van der Waals surface area contributed by atoms with Crippen molar-refractivity contribution in [2.24, 2.45) is 0 Å². The Kier molecular flexibility index (Phi) is 4.89. The molecule has 0 aliphatic rings. The fourth-order valence-electron chi connectivity index (χ4n) is 2.18. The van der Waals surface area contributed by atoms with E-state index in [0.717, 1.165) is 17.2 Å². The number of hydrogen-bond acceptors (Lipinski definition) is 1. The Bertz CT molecular complexity index is 613. The molecule has 0 heterocycles. The Morgan fingerprint density at radius 1 is 1.15 bits per heavy atom. The van der Waals surface area contributed by atoms with Crippen LogP contribution in [0.2, 0.25) is 0 Å². The second-order valence-electron chi connectivity index (χ2n) is 4.74. The van der Waals surface area contributed by atoms with E-state index in [1.807, 2.05) is 31.2 Å². The first-order chi connectivity index (χ1) is 9.50. The molecule has 0 fully saturated rings. The van der Waals surface area contributed by atoms with E-state index < -0.39 is 17.7 Å². The minimum atomic E-state index is -1.16. The molecule has 0 saturated carbocycles. The molecule has 20 heavy (non-hydrogen) atoms. The van der Waals surface area contributed by atoms with Crippen LogP contribution in [0.4, 0.5) is 8.78 Å². The van der Waals surface area contributed by atoms with Gasteiger partial charge in [0.2, 0.25) is 0 Å². The molecule has 0 aromatic heterocycles. The zero-order chi connectivity index (χ0) is 14.7. The van der Waals surface area contributed by atoms with Crippen LogP contribution < -0.4 is 0 Å². The molecule has 0 aliphatic heterocycles. The largest absolute Gasteiger partial charge is 0.388 e. The predicted molar refractivity (Wildman–Crippen MR) is 78.5 cm³/mol. The van der Waals surface area contributed by atoms with Crippen molar-refractivity contribution in [3.63, 3.8) is 0 Å². The van der Waals surface area contributed by atoms with E-state index in [0.29, 0.717) is 6.42 Å². The molecule has 1 atom stereocenters. The van der Waals surface area contributed by atoms with Gasteiger partial charge in [-0.15, -0.1) is 0 Å². The molecular weight excluding hydrogens is 326 g/mol. The third-order valence-corrected chi connectivity index (χ3v) is 3.97.